The van der Waals surface area contributed by atoms with Gasteiger partial charge < -0.3 is 23.7 Å². The largest absolute Gasteiger partial charge is 0.460 e. The average Bonchev–Trinajstić information content (AvgIpc) is 2.62. The van der Waals surface area contributed by atoms with Gasteiger partial charge in [-0.05, 0) is 58.1 Å². The summed E-state index contributed by atoms with van der Waals surface area (Å²) in [4.78, 5) is 70.6. The maximum Gasteiger partial charge on any atom is 0.371 e. The third-order valence-electron chi connectivity index (χ3n) is 3.46. The van der Waals surface area contributed by atoms with E-state index in [9.17, 15) is 28.8 Å². The lowest BCUT2D eigenvalue weighted by Gasteiger charge is -2.26. The monoisotopic (exact) mass is 510 g/mol. The third kappa shape index (κ3) is 15.2. The van der Waals surface area contributed by atoms with Crippen LogP contribution in [0.1, 0.15) is 54.9 Å². The quantitative estimate of drug-likeness (QED) is 0.227. The summed E-state index contributed by atoms with van der Waals surface area (Å²) in [5.74, 6) is -3.59. The van der Waals surface area contributed by atoms with Gasteiger partial charge in [0.05, 0.1) is 10.7 Å². The third-order valence-corrected chi connectivity index (χ3v) is 5.41. The lowest BCUT2D eigenvalue weighted by Crippen LogP contribution is -2.36. The van der Waals surface area contributed by atoms with Crippen molar-refractivity contribution < 1.29 is 52.5 Å². The molecule has 0 aromatic heterocycles. The first-order valence-corrected chi connectivity index (χ1v) is 11.5. The van der Waals surface area contributed by atoms with E-state index >= 15 is 0 Å². The summed E-state index contributed by atoms with van der Waals surface area (Å²) < 4.78 is 22.5. The van der Waals surface area contributed by atoms with Crippen LogP contribution in [0.5, 0.6) is 0 Å². The Morgan fingerprint density at radius 2 is 1.24 bits per heavy atom. The zero-order valence-corrected chi connectivity index (χ0v) is 21.3. The Bertz CT molecular complexity index is 741. The molecule has 0 saturated heterocycles. The van der Waals surface area contributed by atoms with Gasteiger partial charge in [-0.15, -0.1) is 0 Å². The second-order valence-corrected chi connectivity index (χ2v) is 10.6. The van der Waals surface area contributed by atoms with Gasteiger partial charge in [-0.2, -0.15) is 0 Å². The van der Waals surface area contributed by atoms with Crippen LogP contribution in [-0.2, 0) is 42.9 Å². The topological polar surface area (TPSA) is 149 Å². The Balaban J connectivity index is 5.09. The minimum atomic E-state index is -1.28. The molecule has 0 aliphatic rings. The van der Waals surface area contributed by atoms with E-state index < -0.39 is 64.1 Å². The second kappa shape index (κ2) is 14.1. The molecule has 0 heterocycles. The molecule has 0 aromatic rings. The van der Waals surface area contributed by atoms with Gasteiger partial charge in [-0.25, -0.2) is 9.59 Å². The summed E-state index contributed by atoms with van der Waals surface area (Å²) >= 11 is 1.18. The summed E-state index contributed by atoms with van der Waals surface area (Å²) in [7, 11) is 0. The molecule has 0 aromatic carbocycles. The summed E-state index contributed by atoms with van der Waals surface area (Å²) in [5, 5.41) is -1.65. The number of hydrogen-bond acceptors (Lipinski definition) is 13. The van der Waals surface area contributed by atoms with Gasteiger partial charge in [0.2, 0.25) is 13.6 Å². The number of carbonyl (C=O) groups is 6. The standard InChI is InChI=1S/C20H30O11S2/c1-12(21)27-10-29-17(25)32-9-14(16(24)31-19(3,4)5)8-15(23)20(6,7)33-18(26)30-11-28-13(2)22/h14H,8-11H2,1-7H3/t14-/m0/s1. The minimum absolute atomic E-state index is 0.142. The molecule has 0 fully saturated rings. The Hall–Kier alpha value is -2.28. The highest BCUT2D eigenvalue weighted by molar-refractivity contribution is 8.15. The van der Waals surface area contributed by atoms with Crippen LogP contribution in [0.4, 0.5) is 9.59 Å². The van der Waals surface area contributed by atoms with Crippen LogP contribution in [0, 0.1) is 5.92 Å². The van der Waals surface area contributed by atoms with Crippen LogP contribution in [0.15, 0.2) is 0 Å². The summed E-state index contributed by atoms with van der Waals surface area (Å²) in [6, 6.07) is 0. The molecule has 0 aliphatic carbocycles. The molecule has 0 amide bonds. The number of ketones is 1. The van der Waals surface area contributed by atoms with Gasteiger partial charge in [-0.1, -0.05) is 0 Å². The molecule has 11 nitrogen and oxygen atoms in total. The predicted octanol–water partition coefficient (Wildman–Crippen LogP) is 3.46. The van der Waals surface area contributed by atoms with Crippen molar-refractivity contribution in [3.8, 4) is 0 Å². The minimum Gasteiger partial charge on any atom is -0.460 e. The highest BCUT2D eigenvalue weighted by Crippen LogP contribution is 2.31. The first-order valence-electron chi connectivity index (χ1n) is 9.71. The Kier molecular flexibility index (Phi) is 13.1. The highest BCUT2D eigenvalue weighted by Gasteiger charge is 2.37. The molecule has 0 rings (SSSR count). The van der Waals surface area contributed by atoms with Crippen molar-refractivity contribution in [3.63, 3.8) is 0 Å². The number of hydrogen-bond donors (Lipinski definition) is 0. The first kappa shape index (κ1) is 30.7. The first-order chi connectivity index (χ1) is 15.0. The summed E-state index contributed by atoms with van der Waals surface area (Å²) in [6.45, 7) is 9.05. The van der Waals surface area contributed by atoms with Gasteiger partial charge >= 0.3 is 28.5 Å². The van der Waals surface area contributed by atoms with Crippen molar-refractivity contribution in [1.82, 2.24) is 0 Å². The molecule has 0 spiro atoms. The number of thioether (sulfide) groups is 2. The van der Waals surface area contributed by atoms with Gasteiger partial charge in [0, 0.05) is 26.0 Å². The zero-order chi connectivity index (χ0) is 25.8. The van der Waals surface area contributed by atoms with E-state index in [1.165, 1.54) is 13.8 Å². The van der Waals surface area contributed by atoms with Crippen molar-refractivity contribution in [2.75, 3.05) is 19.3 Å². The Morgan fingerprint density at radius 3 is 1.70 bits per heavy atom. The van der Waals surface area contributed by atoms with Crippen LogP contribution < -0.4 is 0 Å². The average molecular weight is 511 g/mol. The lowest BCUT2D eigenvalue weighted by atomic mass is 9.97. The molecule has 0 bridgehead atoms. The molecular formula is C20H30O11S2. The van der Waals surface area contributed by atoms with Crippen molar-refractivity contribution in [2.45, 2.75) is 65.2 Å². The second-order valence-electron chi connectivity index (χ2n) is 8.08. The van der Waals surface area contributed by atoms with Crippen LogP contribution in [0.3, 0.4) is 0 Å². The fourth-order valence-electron chi connectivity index (χ4n) is 1.89. The van der Waals surface area contributed by atoms with Crippen molar-refractivity contribution >= 4 is 57.8 Å². The maximum atomic E-state index is 12.8. The maximum absolute atomic E-state index is 12.8. The van der Waals surface area contributed by atoms with Crippen LogP contribution in [0.2, 0.25) is 0 Å². The fraction of sp³-hybridized carbons (Fsp3) is 0.700. The number of esters is 3. The van der Waals surface area contributed by atoms with Crippen LogP contribution in [-0.4, -0.2) is 64.0 Å². The van der Waals surface area contributed by atoms with E-state index in [-0.39, 0.29) is 12.2 Å². The normalized spacial score (nSPS) is 12.2. The van der Waals surface area contributed by atoms with Gasteiger partial charge in [0.15, 0.2) is 0 Å². The Morgan fingerprint density at radius 1 is 0.758 bits per heavy atom. The van der Waals surface area contributed by atoms with E-state index in [1.807, 2.05) is 0 Å². The summed E-state index contributed by atoms with van der Waals surface area (Å²) in [6.07, 6.45) is -0.323. The lowest BCUT2D eigenvalue weighted by molar-refractivity contribution is -0.160. The molecule has 0 saturated carbocycles. The van der Waals surface area contributed by atoms with Crippen molar-refractivity contribution in [1.29, 1.82) is 0 Å². The van der Waals surface area contributed by atoms with Crippen molar-refractivity contribution in [2.24, 2.45) is 5.92 Å². The van der Waals surface area contributed by atoms with Gasteiger partial charge in [0.1, 0.15) is 11.4 Å². The molecular weight excluding hydrogens is 480 g/mol. The van der Waals surface area contributed by atoms with Crippen LogP contribution in [0.25, 0.3) is 0 Å². The van der Waals surface area contributed by atoms with E-state index in [4.69, 9.17) is 14.2 Å². The molecule has 0 radical (unpaired) electrons. The van der Waals surface area contributed by atoms with Crippen LogP contribution >= 0.6 is 23.5 Å². The number of carbonyl (C=O) groups excluding carboxylic acids is 6. The molecule has 188 valence electrons. The molecule has 0 N–H and O–H groups in total. The fourth-order valence-corrected chi connectivity index (χ4v) is 3.33. The highest BCUT2D eigenvalue weighted by atomic mass is 32.2. The SMILES string of the molecule is CC(=O)OCOC(=O)SC[C@H](CC(=O)C(C)(C)SC(=O)OCOC(C)=O)C(=O)OC(C)(C)C. The predicted molar refractivity (Wildman–Crippen MR) is 119 cm³/mol. The van der Waals surface area contributed by atoms with Crippen molar-refractivity contribution in [3.05, 3.63) is 0 Å². The van der Waals surface area contributed by atoms with Gasteiger partial charge in [-0.3, -0.25) is 19.2 Å². The molecule has 0 unspecified atom stereocenters. The van der Waals surface area contributed by atoms with E-state index in [2.05, 4.69) is 9.47 Å². The van der Waals surface area contributed by atoms with E-state index in [0.717, 1.165) is 13.8 Å². The van der Waals surface area contributed by atoms with E-state index in [0.29, 0.717) is 23.5 Å². The van der Waals surface area contributed by atoms with Gasteiger partial charge in [0.25, 0.3) is 0 Å². The van der Waals surface area contributed by atoms with E-state index in [1.54, 1.807) is 20.8 Å². The zero-order valence-electron chi connectivity index (χ0n) is 19.7. The molecule has 33 heavy (non-hydrogen) atoms. The summed E-state index contributed by atoms with van der Waals surface area (Å²) in [5.41, 5.74) is -0.830. The Labute approximate surface area is 200 Å². The molecule has 0 aliphatic heterocycles. The number of Topliss-reactive ketones (excluding diaryl/α,β-unsaturated/α-hetero) is 1. The number of rotatable bonds is 11. The smallest absolute Gasteiger partial charge is 0.371 e. The number of ether oxygens (including phenoxy) is 5. The molecule has 13 heteroatoms. The molecule has 1 atom stereocenters.